The van der Waals surface area contributed by atoms with Crippen LogP contribution >= 0.6 is 0 Å². The van der Waals surface area contributed by atoms with Gasteiger partial charge in [0.1, 0.15) is 11.3 Å². The van der Waals surface area contributed by atoms with Gasteiger partial charge in [0, 0.05) is 12.7 Å². The quantitative estimate of drug-likeness (QED) is 0.756. The average molecular weight is 370 g/mol. The van der Waals surface area contributed by atoms with Gasteiger partial charge < -0.3 is 19.7 Å². The van der Waals surface area contributed by atoms with Gasteiger partial charge in [0.05, 0.1) is 13.7 Å². The van der Waals surface area contributed by atoms with E-state index in [2.05, 4.69) is 5.32 Å². The summed E-state index contributed by atoms with van der Waals surface area (Å²) < 4.78 is 10.1. The summed E-state index contributed by atoms with van der Waals surface area (Å²) in [7, 11) is 2.91. The van der Waals surface area contributed by atoms with E-state index in [0.717, 1.165) is 5.56 Å². The van der Waals surface area contributed by atoms with E-state index in [0.29, 0.717) is 11.4 Å². The van der Waals surface area contributed by atoms with Crippen molar-refractivity contribution in [1.29, 1.82) is 0 Å². The lowest BCUT2D eigenvalue weighted by molar-refractivity contribution is -0.136. The van der Waals surface area contributed by atoms with Crippen LogP contribution in [-0.2, 0) is 14.3 Å². The minimum Gasteiger partial charge on any atom is -0.496 e. The highest BCUT2D eigenvalue weighted by molar-refractivity contribution is 5.96. The second kappa shape index (κ2) is 9.38. The minimum atomic E-state index is -0.668. The first-order valence-electron chi connectivity index (χ1n) is 8.31. The summed E-state index contributed by atoms with van der Waals surface area (Å²) in [5.41, 5.74) is 1.96. The number of anilines is 1. The Morgan fingerprint density at radius 1 is 1.04 bits per heavy atom. The molecular formula is C20H22N2O5. The van der Waals surface area contributed by atoms with Crippen molar-refractivity contribution in [2.24, 2.45) is 0 Å². The van der Waals surface area contributed by atoms with E-state index in [4.69, 9.17) is 9.47 Å². The molecule has 0 heterocycles. The standard InChI is InChI=1S/C20H22N2O5/c1-14-8-10-15(11-9-14)21-18(23)12-22(2)19(24)13-27-20(25)16-6-4-5-7-17(16)26-3/h4-11H,12-13H2,1-3H3,(H,21,23). The van der Waals surface area contributed by atoms with Crippen molar-refractivity contribution in [1.82, 2.24) is 4.90 Å². The summed E-state index contributed by atoms with van der Waals surface area (Å²) in [6.45, 7) is 1.33. The lowest BCUT2D eigenvalue weighted by atomic mass is 10.2. The maximum absolute atomic E-state index is 12.1. The third-order valence-corrected chi connectivity index (χ3v) is 3.80. The Balaban J connectivity index is 1.83. The number of likely N-dealkylation sites (N-methyl/N-ethyl adjacent to an activating group) is 1. The molecule has 2 amide bonds. The van der Waals surface area contributed by atoms with Gasteiger partial charge in [-0.15, -0.1) is 0 Å². The number of aryl methyl sites for hydroxylation is 1. The van der Waals surface area contributed by atoms with E-state index in [-0.39, 0.29) is 18.0 Å². The van der Waals surface area contributed by atoms with Crippen molar-refractivity contribution in [3.8, 4) is 5.75 Å². The fourth-order valence-corrected chi connectivity index (χ4v) is 2.27. The smallest absolute Gasteiger partial charge is 0.342 e. The van der Waals surface area contributed by atoms with Crippen LogP contribution < -0.4 is 10.1 Å². The number of carbonyl (C=O) groups is 3. The average Bonchev–Trinajstić information content (AvgIpc) is 2.67. The Bertz CT molecular complexity index is 817. The van der Waals surface area contributed by atoms with E-state index in [1.807, 2.05) is 19.1 Å². The number of hydrogen-bond acceptors (Lipinski definition) is 5. The SMILES string of the molecule is COc1ccccc1C(=O)OCC(=O)N(C)CC(=O)Nc1ccc(C)cc1. The Morgan fingerprint density at radius 3 is 2.37 bits per heavy atom. The Kier molecular flexibility index (Phi) is 6.93. The lowest BCUT2D eigenvalue weighted by Crippen LogP contribution is -2.37. The van der Waals surface area contributed by atoms with Crippen LogP contribution in [0.2, 0.25) is 0 Å². The highest BCUT2D eigenvalue weighted by Crippen LogP contribution is 2.18. The molecule has 0 spiro atoms. The first-order valence-corrected chi connectivity index (χ1v) is 8.31. The summed E-state index contributed by atoms with van der Waals surface area (Å²) in [5.74, 6) is -1.14. The van der Waals surface area contributed by atoms with Gasteiger partial charge in [-0.05, 0) is 31.2 Å². The van der Waals surface area contributed by atoms with Gasteiger partial charge in [-0.3, -0.25) is 9.59 Å². The predicted octanol–water partition coefficient (Wildman–Crippen LogP) is 2.26. The molecule has 0 bridgehead atoms. The second-order valence-electron chi connectivity index (χ2n) is 5.94. The van der Waals surface area contributed by atoms with E-state index in [1.54, 1.807) is 36.4 Å². The zero-order valence-corrected chi connectivity index (χ0v) is 15.5. The number of nitrogens with one attached hydrogen (secondary N) is 1. The molecule has 7 heteroatoms. The molecule has 142 valence electrons. The molecule has 0 unspecified atom stereocenters. The number of para-hydroxylation sites is 1. The van der Waals surface area contributed by atoms with Gasteiger partial charge in [-0.25, -0.2) is 4.79 Å². The van der Waals surface area contributed by atoms with Crippen LogP contribution in [0, 0.1) is 6.92 Å². The molecule has 0 saturated carbocycles. The Labute approximate surface area is 157 Å². The van der Waals surface area contributed by atoms with E-state index >= 15 is 0 Å². The highest BCUT2D eigenvalue weighted by Gasteiger charge is 2.18. The molecular weight excluding hydrogens is 348 g/mol. The third kappa shape index (κ3) is 5.85. The van der Waals surface area contributed by atoms with Crippen molar-refractivity contribution in [2.45, 2.75) is 6.92 Å². The molecule has 7 nitrogen and oxygen atoms in total. The van der Waals surface area contributed by atoms with E-state index in [1.165, 1.54) is 19.1 Å². The molecule has 0 aromatic heterocycles. The van der Waals surface area contributed by atoms with Gasteiger partial charge in [-0.2, -0.15) is 0 Å². The van der Waals surface area contributed by atoms with Gasteiger partial charge in [0.25, 0.3) is 5.91 Å². The maximum Gasteiger partial charge on any atom is 0.342 e. The van der Waals surface area contributed by atoms with Gasteiger partial charge in [0.2, 0.25) is 5.91 Å². The van der Waals surface area contributed by atoms with Crippen molar-refractivity contribution in [3.63, 3.8) is 0 Å². The molecule has 0 fully saturated rings. The summed E-state index contributed by atoms with van der Waals surface area (Å²) in [4.78, 5) is 37.4. The second-order valence-corrected chi connectivity index (χ2v) is 5.94. The van der Waals surface area contributed by atoms with Gasteiger partial charge in [-0.1, -0.05) is 29.8 Å². The molecule has 27 heavy (non-hydrogen) atoms. The normalized spacial score (nSPS) is 10.0. The zero-order chi connectivity index (χ0) is 19.8. The molecule has 0 saturated heterocycles. The van der Waals surface area contributed by atoms with Crippen LogP contribution in [-0.4, -0.2) is 50.0 Å². The van der Waals surface area contributed by atoms with Crippen molar-refractivity contribution in [2.75, 3.05) is 32.6 Å². The molecule has 0 radical (unpaired) electrons. The summed E-state index contributed by atoms with van der Waals surface area (Å²) in [6, 6.07) is 13.9. The van der Waals surface area contributed by atoms with Gasteiger partial charge in [0.15, 0.2) is 6.61 Å². The van der Waals surface area contributed by atoms with Crippen LogP contribution in [0.1, 0.15) is 15.9 Å². The summed E-state index contributed by atoms with van der Waals surface area (Å²) in [6.07, 6.45) is 0. The molecule has 0 aliphatic carbocycles. The monoisotopic (exact) mass is 370 g/mol. The topological polar surface area (TPSA) is 84.9 Å². The number of esters is 1. The Morgan fingerprint density at radius 2 is 1.70 bits per heavy atom. The van der Waals surface area contributed by atoms with Crippen LogP contribution in [0.5, 0.6) is 5.75 Å². The van der Waals surface area contributed by atoms with Crippen molar-refractivity contribution in [3.05, 3.63) is 59.7 Å². The fourth-order valence-electron chi connectivity index (χ4n) is 2.27. The van der Waals surface area contributed by atoms with Crippen LogP contribution in [0.25, 0.3) is 0 Å². The molecule has 2 rings (SSSR count). The predicted molar refractivity (Wildman–Crippen MR) is 101 cm³/mol. The Hall–Kier alpha value is -3.35. The number of methoxy groups -OCH3 is 1. The van der Waals surface area contributed by atoms with Crippen LogP contribution in [0.4, 0.5) is 5.69 Å². The number of amides is 2. The molecule has 0 atom stereocenters. The molecule has 1 N–H and O–H groups in total. The summed E-state index contributed by atoms with van der Waals surface area (Å²) >= 11 is 0. The van der Waals surface area contributed by atoms with E-state index in [9.17, 15) is 14.4 Å². The fraction of sp³-hybridized carbons (Fsp3) is 0.250. The minimum absolute atomic E-state index is 0.154. The highest BCUT2D eigenvalue weighted by atomic mass is 16.5. The maximum atomic E-state index is 12.1. The summed E-state index contributed by atoms with van der Waals surface area (Å²) in [5, 5.41) is 2.70. The third-order valence-electron chi connectivity index (χ3n) is 3.80. The lowest BCUT2D eigenvalue weighted by Gasteiger charge is -2.17. The first-order chi connectivity index (χ1) is 12.9. The number of carbonyl (C=O) groups excluding carboxylic acids is 3. The van der Waals surface area contributed by atoms with Gasteiger partial charge >= 0.3 is 5.97 Å². The number of benzene rings is 2. The van der Waals surface area contributed by atoms with Crippen molar-refractivity contribution < 1.29 is 23.9 Å². The molecule has 2 aromatic carbocycles. The van der Waals surface area contributed by atoms with Crippen molar-refractivity contribution >= 4 is 23.5 Å². The molecule has 2 aromatic rings. The number of rotatable bonds is 7. The van der Waals surface area contributed by atoms with Crippen LogP contribution in [0.3, 0.4) is 0 Å². The first kappa shape index (κ1) is 20.0. The largest absolute Gasteiger partial charge is 0.496 e. The number of hydrogen-bond donors (Lipinski definition) is 1. The molecule has 0 aliphatic rings. The van der Waals surface area contributed by atoms with Crippen LogP contribution in [0.15, 0.2) is 48.5 Å². The number of ether oxygens (including phenoxy) is 2. The molecule has 0 aliphatic heterocycles. The number of nitrogens with zero attached hydrogens (tertiary/aromatic N) is 1. The van der Waals surface area contributed by atoms with E-state index < -0.39 is 18.5 Å². The zero-order valence-electron chi connectivity index (χ0n) is 15.5.